The number of hydrogen-bond donors (Lipinski definition) is 3. The van der Waals surface area contributed by atoms with Crippen molar-refractivity contribution in [2.75, 3.05) is 12.4 Å². The Labute approximate surface area is 188 Å². The minimum absolute atomic E-state index is 0. The minimum Gasteiger partial charge on any atom is -0.478 e. The van der Waals surface area contributed by atoms with Crippen molar-refractivity contribution < 1.29 is 9.90 Å². The van der Waals surface area contributed by atoms with Crippen LogP contribution < -0.4 is 10.6 Å². The molecule has 2 heterocycles. The molecular formula is C22H28Cl2N4O2. The summed E-state index contributed by atoms with van der Waals surface area (Å²) in [5, 5.41) is 17.1. The highest BCUT2D eigenvalue weighted by Crippen LogP contribution is 2.28. The van der Waals surface area contributed by atoms with Gasteiger partial charge >= 0.3 is 5.97 Å². The van der Waals surface area contributed by atoms with Crippen molar-refractivity contribution in [2.24, 2.45) is 7.05 Å². The number of aromatic nitrogens is 2. The molecule has 1 fully saturated rings. The molecule has 0 bridgehead atoms. The van der Waals surface area contributed by atoms with Gasteiger partial charge in [0.1, 0.15) is 11.4 Å². The van der Waals surface area contributed by atoms with E-state index in [1.807, 2.05) is 24.4 Å². The van der Waals surface area contributed by atoms with Gasteiger partial charge in [0, 0.05) is 41.6 Å². The first-order valence-corrected chi connectivity index (χ1v) is 10.2. The fourth-order valence-corrected chi connectivity index (χ4v) is 3.86. The summed E-state index contributed by atoms with van der Waals surface area (Å²) in [6.45, 7) is 0. The SMILES string of the molecule is CNC1CCCCC1.Cl.Cn1ccc2c(Nc3cccc(Cl)c3)ncc(C(=O)O)c21. The Morgan fingerprint density at radius 3 is 2.57 bits per heavy atom. The molecule has 0 atom stereocenters. The van der Waals surface area contributed by atoms with E-state index < -0.39 is 5.97 Å². The molecule has 6 nitrogen and oxygen atoms in total. The van der Waals surface area contributed by atoms with Gasteiger partial charge in [-0.05, 0) is 44.2 Å². The highest BCUT2D eigenvalue weighted by Gasteiger charge is 2.15. The lowest BCUT2D eigenvalue weighted by molar-refractivity contribution is 0.0698. The summed E-state index contributed by atoms with van der Waals surface area (Å²) in [5.41, 5.74) is 1.60. The molecule has 8 heteroatoms. The second kappa shape index (κ2) is 11.2. The number of hydrogen-bond acceptors (Lipinski definition) is 4. The molecule has 0 saturated heterocycles. The van der Waals surface area contributed by atoms with Gasteiger partial charge in [0.25, 0.3) is 0 Å². The number of carboxylic acid groups (broad SMARTS) is 1. The summed E-state index contributed by atoms with van der Waals surface area (Å²) in [5.74, 6) is -0.401. The van der Waals surface area contributed by atoms with Gasteiger partial charge in [0.15, 0.2) is 0 Å². The topological polar surface area (TPSA) is 79.2 Å². The van der Waals surface area contributed by atoms with E-state index in [1.165, 1.54) is 38.3 Å². The molecule has 0 unspecified atom stereocenters. The van der Waals surface area contributed by atoms with Gasteiger partial charge in [-0.1, -0.05) is 36.9 Å². The Morgan fingerprint density at radius 1 is 1.23 bits per heavy atom. The zero-order chi connectivity index (χ0) is 20.8. The Morgan fingerprint density at radius 2 is 1.97 bits per heavy atom. The zero-order valence-corrected chi connectivity index (χ0v) is 18.8. The predicted octanol–water partition coefficient (Wildman–Crippen LogP) is 5.63. The van der Waals surface area contributed by atoms with Gasteiger partial charge in [-0.25, -0.2) is 9.78 Å². The molecule has 0 spiro atoms. The normalized spacial score (nSPS) is 13.8. The first kappa shape index (κ1) is 24.0. The predicted molar refractivity (Wildman–Crippen MR) is 126 cm³/mol. The smallest absolute Gasteiger partial charge is 0.339 e. The number of fused-ring (bicyclic) bond motifs is 1. The maximum Gasteiger partial charge on any atom is 0.339 e. The molecule has 162 valence electrons. The number of benzene rings is 1. The van der Waals surface area contributed by atoms with Gasteiger partial charge in [-0.2, -0.15) is 0 Å². The number of rotatable bonds is 4. The highest BCUT2D eigenvalue weighted by atomic mass is 35.5. The molecule has 3 aromatic rings. The van der Waals surface area contributed by atoms with Crippen LogP contribution in [0.5, 0.6) is 0 Å². The Bertz CT molecular complexity index is 984. The van der Waals surface area contributed by atoms with E-state index in [1.54, 1.807) is 23.7 Å². The van der Waals surface area contributed by atoms with Crippen LogP contribution in [-0.2, 0) is 7.05 Å². The fourth-order valence-electron chi connectivity index (χ4n) is 3.67. The maximum atomic E-state index is 11.3. The monoisotopic (exact) mass is 450 g/mol. The van der Waals surface area contributed by atoms with Crippen LogP contribution in [0.25, 0.3) is 10.9 Å². The van der Waals surface area contributed by atoms with Gasteiger partial charge in [0.2, 0.25) is 0 Å². The van der Waals surface area contributed by atoms with Crippen molar-refractivity contribution >= 4 is 52.4 Å². The zero-order valence-electron chi connectivity index (χ0n) is 17.2. The summed E-state index contributed by atoms with van der Waals surface area (Å²) >= 11 is 5.96. The number of halogens is 2. The van der Waals surface area contributed by atoms with Gasteiger partial charge in [0.05, 0.1) is 5.52 Å². The number of nitrogens with one attached hydrogen (secondary N) is 2. The number of pyridine rings is 1. The second-order valence-corrected chi connectivity index (χ2v) is 7.71. The molecule has 0 radical (unpaired) electrons. The first-order chi connectivity index (χ1) is 14.0. The van der Waals surface area contributed by atoms with Crippen LogP contribution in [0.15, 0.2) is 42.7 Å². The molecule has 0 amide bonds. The van der Waals surface area contributed by atoms with Crippen LogP contribution in [0.2, 0.25) is 5.02 Å². The van der Waals surface area contributed by atoms with Crippen molar-refractivity contribution in [3.63, 3.8) is 0 Å². The van der Waals surface area contributed by atoms with Crippen molar-refractivity contribution in [1.82, 2.24) is 14.9 Å². The van der Waals surface area contributed by atoms with Crippen LogP contribution in [0, 0.1) is 0 Å². The third-order valence-corrected chi connectivity index (χ3v) is 5.47. The molecule has 0 aliphatic heterocycles. The molecule has 1 aliphatic carbocycles. The van der Waals surface area contributed by atoms with Gasteiger partial charge < -0.3 is 20.3 Å². The fraction of sp³-hybridized carbons (Fsp3) is 0.364. The molecule has 1 saturated carbocycles. The van der Waals surface area contributed by atoms with Crippen LogP contribution in [0.3, 0.4) is 0 Å². The molecule has 30 heavy (non-hydrogen) atoms. The third kappa shape index (κ3) is 5.88. The molecule has 2 aromatic heterocycles. The number of anilines is 2. The summed E-state index contributed by atoms with van der Waals surface area (Å²) in [4.78, 5) is 15.5. The van der Waals surface area contributed by atoms with E-state index in [9.17, 15) is 9.90 Å². The third-order valence-electron chi connectivity index (χ3n) is 5.24. The van der Waals surface area contributed by atoms with Crippen molar-refractivity contribution in [3.05, 3.63) is 53.3 Å². The number of carbonyl (C=O) groups is 1. The van der Waals surface area contributed by atoms with Gasteiger partial charge in [-0.15, -0.1) is 12.4 Å². The van der Waals surface area contributed by atoms with E-state index >= 15 is 0 Å². The van der Waals surface area contributed by atoms with Crippen LogP contribution in [-0.4, -0.2) is 33.7 Å². The Kier molecular flexibility index (Phi) is 8.96. The number of carboxylic acids is 1. The van der Waals surface area contributed by atoms with Gasteiger partial charge in [-0.3, -0.25) is 0 Å². The second-order valence-electron chi connectivity index (χ2n) is 7.27. The lowest BCUT2D eigenvalue weighted by Crippen LogP contribution is -2.26. The number of aromatic carboxylic acids is 1. The van der Waals surface area contributed by atoms with Crippen molar-refractivity contribution in [2.45, 2.75) is 38.1 Å². The van der Waals surface area contributed by atoms with E-state index in [0.717, 1.165) is 17.1 Å². The van der Waals surface area contributed by atoms with Crippen LogP contribution in [0.1, 0.15) is 42.5 Å². The van der Waals surface area contributed by atoms with Crippen LogP contribution >= 0.6 is 24.0 Å². The highest BCUT2D eigenvalue weighted by molar-refractivity contribution is 6.30. The van der Waals surface area contributed by atoms with Crippen molar-refractivity contribution in [3.8, 4) is 0 Å². The Hall–Kier alpha value is -2.28. The molecular weight excluding hydrogens is 423 g/mol. The standard InChI is InChI=1S/C15H12ClN3O2.C7H15N.ClH/c1-19-6-5-11-13(19)12(15(20)21)8-17-14(11)18-10-4-2-3-9(16)7-10;1-8-7-5-3-2-4-6-7;/h2-8H,1H3,(H,17,18)(H,20,21);7-8H,2-6H2,1H3;1H. The van der Waals surface area contributed by atoms with E-state index in [-0.39, 0.29) is 18.0 Å². The van der Waals surface area contributed by atoms with Crippen LogP contribution in [0.4, 0.5) is 11.5 Å². The summed E-state index contributed by atoms with van der Waals surface area (Å²) in [6, 6.07) is 9.94. The average molecular weight is 451 g/mol. The molecule has 3 N–H and O–H groups in total. The van der Waals surface area contributed by atoms with E-state index in [2.05, 4.69) is 22.7 Å². The summed E-state index contributed by atoms with van der Waals surface area (Å²) in [6.07, 6.45) is 10.3. The number of nitrogens with zero attached hydrogens (tertiary/aromatic N) is 2. The average Bonchev–Trinajstić information content (AvgIpc) is 3.11. The summed E-state index contributed by atoms with van der Waals surface area (Å²) in [7, 11) is 3.87. The van der Waals surface area contributed by atoms with Crippen molar-refractivity contribution in [1.29, 1.82) is 0 Å². The van der Waals surface area contributed by atoms with E-state index in [4.69, 9.17) is 11.6 Å². The van der Waals surface area contributed by atoms with E-state index in [0.29, 0.717) is 16.4 Å². The number of aryl methyl sites for hydroxylation is 1. The molecule has 1 aliphatic rings. The molecule has 1 aromatic carbocycles. The minimum atomic E-state index is -0.997. The quantitative estimate of drug-likeness (QED) is 0.479. The lowest BCUT2D eigenvalue weighted by atomic mass is 9.96. The Balaban J connectivity index is 0.000000302. The first-order valence-electron chi connectivity index (χ1n) is 9.86. The lowest BCUT2D eigenvalue weighted by Gasteiger charge is -2.20. The molecule has 4 rings (SSSR count). The maximum absolute atomic E-state index is 11.3. The summed E-state index contributed by atoms with van der Waals surface area (Å²) < 4.78 is 1.77. The largest absolute Gasteiger partial charge is 0.478 e.